The van der Waals surface area contributed by atoms with Crippen LogP contribution in [0.1, 0.15) is 11.1 Å². The number of ether oxygens (including phenoxy) is 1. The number of benzene rings is 3. The van der Waals surface area contributed by atoms with Gasteiger partial charge >= 0.3 is 0 Å². The van der Waals surface area contributed by atoms with Crippen LogP contribution in [0, 0.1) is 0 Å². The highest BCUT2D eigenvalue weighted by atomic mass is 35.5. The zero-order valence-electron chi connectivity index (χ0n) is 13.3. The maximum atomic E-state index is 6.20. The second-order valence-corrected chi connectivity index (χ2v) is 6.78. The zero-order chi connectivity index (χ0) is 17.6. The van der Waals surface area contributed by atoms with Crippen molar-refractivity contribution in [3.05, 3.63) is 92.9 Å². The zero-order valence-corrected chi connectivity index (χ0v) is 15.6. The number of halogens is 3. The van der Waals surface area contributed by atoms with E-state index >= 15 is 0 Å². The molecule has 0 bridgehead atoms. The van der Waals surface area contributed by atoms with E-state index in [0.29, 0.717) is 28.2 Å². The maximum Gasteiger partial charge on any atom is 0.124 e. The molecule has 0 saturated heterocycles. The summed E-state index contributed by atoms with van der Waals surface area (Å²) in [5, 5.41) is 5.21. The van der Waals surface area contributed by atoms with Crippen LogP contribution in [0.25, 0.3) is 0 Å². The molecule has 0 saturated carbocycles. The van der Waals surface area contributed by atoms with Gasteiger partial charge in [0.05, 0.1) is 10.7 Å². The summed E-state index contributed by atoms with van der Waals surface area (Å²) in [4.78, 5) is 0. The molecule has 0 aliphatic rings. The second kappa shape index (κ2) is 8.48. The Kier molecular flexibility index (Phi) is 6.09. The third kappa shape index (κ3) is 5.05. The smallest absolute Gasteiger partial charge is 0.124 e. The van der Waals surface area contributed by atoms with E-state index in [1.54, 1.807) is 12.1 Å². The number of nitrogens with one attached hydrogen (secondary N) is 1. The number of para-hydroxylation sites is 1. The summed E-state index contributed by atoms with van der Waals surface area (Å²) in [6, 6.07) is 20.9. The van der Waals surface area contributed by atoms with Gasteiger partial charge in [0, 0.05) is 22.2 Å². The standard InChI is InChI=1S/C20H16Cl3NO/c21-16-6-3-4-14(10-16)13-25-20-7-2-1-5-15(20)12-24-19-9-8-17(22)11-18(19)23/h1-11,24H,12-13H2. The number of hydrogen-bond donors (Lipinski definition) is 1. The Morgan fingerprint density at radius 3 is 2.40 bits per heavy atom. The summed E-state index contributed by atoms with van der Waals surface area (Å²) in [6.07, 6.45) is 0. The van der Waals surface area contributed by atoms with E-state index in [9.17, 15) is 0 Å². The Bertz CT molecular complexity index is 867. The van der Waals surface area contributed by atoms with Crippen LogP contribution >= 0.6 is 34.8 Å². The Balaban J connectivity index is 1.68. The first-order valence-electron chi connectivity index (χ1n) is 7.76. The third-order valence-corrected chi connectivity index (χ3v) is 4.44. The fourth-order valence-corrected chi connectivity index (χ4v) is 3.09. The summed E-state index contributed by atoms with van der Waals surface area (Å²) in [5.74, 6) is 0.820. The van der Waals surface area contributed by atoms with Crippen molar-refractivity contribution < 1.29 is 4.74 Å². The number of rotatable bonds is 6. The van der Waals surface area contributed by atoms with Crippen LogP contribution < -0.4 is 10.1 Å². The first-order valence-corrected chi connectivity index (χ1v) is 8.89. The van der Waals surface area contributed by atoms with Crippen molar-refractivity contribution in [3.63, 3.8) is 0 Å². The van der Waals surface area contributed by atoms with Crippen LogP contribution in [0.2, 0.25) is 15.1 Å². The summed E-state index contributed by atoms with van der Waals surface area (Å²) in [6.45, 7) is 1.05. The predicted octanol–water partition coefficient (Wildman–Crippen LogP) is 6.84. The van der Waals surface area contributed by atoms with Gasteiger partial charge in [-0.25, -0.2) is 0 Å². The van der Waals surface area contributed by atoms with E-state index in [4.69, 9.17) is 39.5 Å². The van der Waals surface area contributed by atoms with Crippen LogP contribution in [0.4, 0.5) is 5.69 Å². The van der Waals surface area contributed by atoms with E-state index in [0.717, 1.165) is 22.6 Å². The molecule has 3 rings (SSSR count). The highest BCUT2D eigenvalue weighted by Gasteiger charge is 2.06. The van der Waals surface area contributed by atoms with Gasteiger partial charge in [0.15, 0.2) is 0 Å². The molecule has 2 nitrogen and oxygen atoms in total. The molecule has 0 spiro atoms. The normalized spacial score (nSPS) is 10.5. The molecule has 0 fully saturated rings. The third-order valence-electron chi connectivity index (χ3n) is 3.66. The minimum Gasteiger partial charge on any atom is -0.489 e. The number of anilines is 1. The molecule has 3 aromatic rings. The molecule has 0 heterocycles. The molecule has 128 valence electrons. The Morgan fingerprint density at radius 1 is 0.800 bits per heavy atom. The van der Waals surface area contributed by atoms with Crippen molar-refractivity contribution in [1.29, 1.82) is 0 Å². The molecule has 0 aliphatic heterocycles. The van der Waals surface area contributed by atoms with Crippen LogP contribution in [0.3, 0.4) is 0 Å². The number of hydrogen-bond acceptors (Lipinski definition) is 2. The van der Waals surface area contributed by atoms with E-state index < -0.39 is 0 Å². The molecule has 1 N–H and O–H groups in total. The van der Waals surface area contributed by atoms with Gasteiger partial charge in [0.1, 0.15) is 12.4 Å². The molecule has 5 heteroatoms. The van der Waals surface area contributed by atoms with Crippen molar-refractivity contribution in [2.24, 2.45) is 0 Å². The lowest BCUT2D eigenvalue weighted by atomic mass is 10.2. The van der Waals surface area contributed by atoms with Crippen molar-refractivity contribution in [2.75, 3.05) is 5.32 Å². The lowest BCUT2D eigenvalue weighted by Gasteiger charge is -2.14. The summed E-state index contributed by atoms with van der Waals surface area (Å²) >= 11 is 18.1. The van der Waals surface area contributed by atoms with Crippen molar-refractivity contribution >= 4 is 40.5 Å². The van der Waals surface area contributed by atoms with Gasteiger partial charge in [-0.2, -0.15) is 0 Å². The van der Waals surface area contributed by atoms with Gasteiger partial charge in [-0.05, 0) is 42.0 Å². The van der Waals surface area contributed by atoms with Gasteiger partial charge in [0.25, 0.3) is 0 Å². The Morgan fingerprint density at radius 2 is 1.60 bits per heavy atom. The molecule has 0 atom stereocenters. The van der Waals surface area contributed by atoms with E-state index in [1.165, 1.54) is 0 Å². The molecule has 0 unspecified atom stereocenters. The Labute approximate surface area is 162 Å². The maximum absolute atomic E-state index is 6.20. The quantitative estimate of drug-likeness (QED) is 0.496. The first kappa shape index (κ1) is 17.9. The molecule has 0 amide bonds. The molecular formula is C20H16Cl3NO. The highest BCUT2D eigenvalue weighted by molar-refractivity contribution is 6.36. The van der Waals surface area contributed by atoms with Gasteiger partial charge < -0.3 is 10.1 Å². The Hall–Kier alpha value is -1.87. The molecular weight excluding hydrogens is 377 g/mol. The SMILES string of the molecule is Clc1cccc(COc2ccccc2CNc2ccc(Cl)cc2Cl)c1. The fraction of sp³-hybridized carbons (Fsp3) is 0.100. The predicted molar refractivity (Wildman–Crippen MR) is 106 cm³/mol. The first-order chi connectivity index (χ1) is 12.1. The minimum atomic E-state index is 0.458. The van der Waals surface area contributed by atoms with Crippen molar-refractivity contribution in [1.82, 2.24) is 0 Å². The topological polar surface area (TPSA) is 21.3 Å². The van der Waals surface area contributed by atoms with Gasteiger partial charge in [-0.3, -0.25) is 0 Å². The second-order valence-electron chi connectivity index (χ2n) is 5.50. The van der Waals surface area contributed by atoms with Crippen LogP contribution in [0.5, 0.6) is 5.75 Å². The summed E-state index contributed by atoms with van der Waals surface area (Å²) in [5.41, 5.74) is 2.89. The van der Waals surface area contributed by atoms with Crippen LogP contribution in [0.15, 0.2) is 66.7 Å². The molecule has 0 aromatic heterocycles. The van der Waals surface area contributed by atoms with Crippen molar-refractivity contribution in [2.45, 2.75) is 13.2 Å². The molecule has 3 aromatic carbocycles. The van der Waals surface area contributed by atoms with Gasteiger partial charge in [-0.15, -0.1) is 0 Å². The fourth-order valence-electron chi connectivity index (χ4n) is 2.40. The van der Waals surface area contributed by atoms with E-state index in [1.807, 2.05) is 54.6 Å². The van der Waals surface area contributed by atoms with E-state index in [-0.39, 0.29) is 0 Å². The molecule has 0 aliphatic carbocycles. The summed E-state index contributed by atoms with van der Waals surface area (Å²) in [7, 11) is 0. The average Bonchev–Trinajstić information content (AvgIpc) is 2.60. The van der Waals surface area contributed by atoms with Gasteiger partial charge in [-0.1, -0.05) is 65.1 Å². The van der Waals surface area contributed by atoms with Gasteiger partial charge in [0.2, 0.25) is 0 Å². The van der Waals surface area contributed by atoms with E-state index in [2.05, 4.69) is 5.32 Å². The molecule has 0 radical (unpaired) electrons. The van der Waals surface area contributed by atoms with Crippen molar-refractivity contribution in [3.8, 4) is 5.75 Å². The highest BCUT2D eigenvalue weighted by Crippen LogP contribution is 2.27. The lowest BCUT2D eigenvalue weighted by molar-refractivity contribution is 0.303. The monoisotopic (exact) mass is 391 g/mol. The largest absolute Gasteiger partial charge is 0.489 e. The van der Waals surface area contributed by atoms with Crippen LogP contribution in [-0.4, -0.2) is 0 Å². The molecule has 25 heavy (non-hydrogen) atoms. The lowest BCUT2D eigenvalue weighted by Crippen LogP contribution is -2.04. The van der Waals surface area contributed by atoms with Crippen LogP contribution in [-0.2, 0) is 13.2 Å². The minimum absolute atomic E-state index is 0.458. The summed E-state index contributed by atoms with van der Waals surface area (Å²) < 4.78 is 5.96. The average molecular weight is 393 g/mol.